The summed E-state index contributed by atoms with van der Waals surface area (Å²) in [5.74, 6) is -0.321. The molecule has 0 bridgehead atoms. The van der Waals surface area contributed by atoms with E-state index in [2.05, 4.69) is 0 Å². The van der Waals surface area contributed by atoms with Crippen molar-refractivity contribution >= 4 is 23.5 Å². The van der Waals surface area contributed by atoms with Crippen LogP contribution in [0.1, 0.15) is 5.56 Å². The summed E-state index contributed by atoms with van der Waals surface area (Å²) in [6.07, 6.45) is 0.0526. The molecule has 132 valence electrons. The van der Waals surface area contributed by atoms with Gasteiger partial charge in [0, 0.05) is 13.1 Å². The molecule has 8 heteroatoms. The molecule has 0 unspecified atom stereocenters. The summed E-state index contributed by atoms with van der Waals surface area (Å²) in [5.41, 5.74) is 0.662. The quantitative estimate of drug-likeness (QED) is 0.789. The number of carbonyl (C=O) groups is 2. The van der Waals surface area contributed by atoms with Gasteiger partial charge in [-0.25, -0.2) is 0 Å². The smallest absolute Gasteiger partial charge is 0.323 e. The second-order valence-electron chi connectivity index (χ2n) is 5.79. The van der Waals surface area contributed by atoms with E-state index in [4.69, 9.17) is 26.2 Å². The van der Waals surface area contributed by atoms with E-state index in [-0.39, 0.29) is 18.9 Å². The Morgan fingerprint density at radius 2 is 1.92 bits per heavy atom. The van der Waals surface area contributed by atoms with E-state index in [0.29, 0.717) is 48.4 Å². The Balaban J connectivity index is 2.10. The van der Waals surface area contributed by atoms with E-state index < -0.39 is 5.97 Å². The molecule has 0 radical (unpaired) electrons. The van der Waals surface area contributed by atoms with E-state index in [1.54, 1.807) is 12.1 Å². The number of benzene rings is 1. The lowest BCUT2D eigenvalue weighted by Crippen LogP contribution is -2.40. The van der Waals surface area contributed by atoms with Gasteiger partial charge in [-0.3, -0.25) is 9.59 Å². The van der Waals surface area contributed by atoms with Crippen LogP contribution in [0.25, 0.3) is 0 Å². The minimum Gasteiger partial charge on any atom is -0.486 e. The highest BCUT2D eigenvalue weighted by Gasteiger charge is 2.21. The zero-order valence-electron chi connectivity index (χ0n) is 13.7. The number of hydrogen-bond donors (Lipinski definition) is 1. The monoisotopic (exact) mass is 356 g/mol. The summed E-state index contributed by atoms with van der Waals surface area (Å²) in [6.45, 7) is 1.46. The molecular weight excluding hydrogens is 336 g/mol. The molecule has 2 rings (SSSR count). The minimum absolute atomic E-state index is 0.0526. The molecule has 0 fully saturated rings. The second kappa shape index (κ2) is 8.21. The van der Waals surface area contributed by atoms with Crippen LogP contribution in [0, 0.1) is 0 Å². The molecule has 1 N–H and O–H groups in total. The van der Waals surface area contributed by atoms with Crippen molar-refractivity contribution in [3.05, 3.63) is 22.7 Å². The van der Waals surface area contributed by atoms with Gasteiger partial charge in [0.25, 0.3) is 0 Å². The maximum absolute atomic E-state index is 12.5. The van der Waals surface area contributed by atoms with Crippen molar-refractivity contribution in [1.82, 2.24) is 9.80 Å². The fourth-order valence-electron chi connectivity index (χ4n) is 2.33. The molecule has 1 aromatic rings. The van der Waals surface area contributed by atoms with Crippen molar-refractivity contribution in [1.29, 1.82) is 0 Å². The number of amides is 1. The standard InChI is InChI=1S/C16H21ClN2O5/c1-18(2)3-4-19(10-15(21)22)14(20)9-11-7-12(17)16-13(8-11)23-5-6-24-16/h7-8H,3-6,9-10H2,1-2H3,(H,21,22). The largest absolute Gasteiger partial charge is 0.486 e. The number of carboxylic acid groups (broad SMARTS) is 1. The molecule has 1 aromatic carbocycles. The highest BCUT2D eigenvalue weighted by molar-refractivity contribution is 6.32. The molecule has 24 heavy (non-hydrogen) atoms. The zero-order valence-corrected chi connectivity index (χ0v) is 14.5. The van der Waals surface area contributed by atoms with Gasteiger partial charge < -0.3 is 24.4 Å². The summed E-state index contributed by atoms with van der Waals surface area (Å²) in [7, 11) is 3.73. The summed E-state index contributed by atoms with van der Waals surface area (Å²) in [4.78, 5) is 26.7. The van der Waals surface area contributed by atoms with Crippen LogP contribution in [0.2, 0.25) is 5.02 Å². The molecular formula is C16H21ClN2O5. The Labute approximate surface area is 145 Å². The van der Waals surface area contributed by atoms with E-state index in [9.17, 15) is 9.59 Å². The predicted molar refractivity (Wildman–Crippen MR) is 88.9 cm³/mol. The van der Waals surface area contributed by atoms with Crippen molar-refractivity contribution in [2.45, 2.75) is 6.42 Å². The number of halogens is 1. The normalized spacial score (nSPS) is 13.0. The third kappa shape index (κ3) is 5.01. The summed E-state index contributed by atoms with van der Waals surface area (Å²) in [5, 5.41) is 9.38. The van der Waals surface area contributed by atoms with Crippen LogP contribution in [0.15, 0.2) is 12.1 Å². The molecule has 1 aliphatic heterocycles. The maximum Gasteiger partial charge on any atom is 0.323 e. The van der Waals surface area contributed by atoms with Gasteiger partial charge in [0.1, 0.15) is 19.8 Å². The van der Waals surface area contributed by atoms with Gasteiger partial charge in [-0.15, -0.1) is 0 Å². The third-order valence-corrected chi connectivity index (χ3v) is 3.79. The van der Waals surface area contributed by atoms with Crippen LogP contribution < -0.4 is 9.47 Å². The molecule has 0 aliphatic carbocycles. The fourth-order valence-corrected chi connectivity index (χ4v) is 2.62. The number of fused-ring (bicyclic) bond motifs is 1. The Morgan fingerprint density at radius 3 is 2.58 bits per heavy atom. The molecule has 1 amide bonds. The lowest BCUT2D eigenvalue weighted by Gasteiger charge is -2.24. The minimum atomic E-state index is -1.04. The van der Waals surface area contributed by atoms with Crippen molar-refractivity contribution < 1.29 is 24.2 Å². The number of likely N-dealkylation sites (N-methyl/N-ethyl adjacent to an activating group) is 1. The number of aliphatic carboxylic acids is 1. The SMILES string of the molecule is CN(C)CCN(CC(=O)O)C(=O)Cc1cc(Cl)c2c(c1)OCCO2. The van der Waals surface area contributed by atoms with Gasteiger partial charge in [-0.1, -0.05) is 11.6 Å². The number of carboxylic acids is 1. The first-order valence-corrected chi connectivity index (χ1v) is 7.97. The van der Waals surface area contributed by atoms with Crippen LogP contribution in [0.5, 0.6) is 11.5 Å². The summed E-state index contributed by atoms with van der Waals surface area (Å²) >= 11 is 6.17. The van der Waals surface area contributed by atoms with Gasteiger partial charge in [0.05, 0.1) is 11.4 Å². The van der Waals surface area contributed by atoms with Crippen molar-refractivity contribution in [2.75, 3.05) is 46.9 Å². The molecule has 1 aliphatic rings. The van der Waals surface area contributed by atoms with Gasteiger partial charge in [0.15, 0.2) is 11.5 Å². The summed E-state index contributed by atoms with van der Waals surface area (Å²) in [6, 6.07) is 3.36. The second-order valence-corrected chi connectivity index (χ2v) is 6.20. The predicted octanol–water partition coefficient (Wildman–Crippen LogP) is 1.13. The van der Waals surface area contributed by atoms with Crippen LogP contribution in [-0.2, 0) is 16.0 Å². The topological polar surface area (TPSA) is 79.3 Å². The number of hydrogen-bond acceptors (Lipinski definition) is 5. The van der Waals surface area contributed by atoms with E-state index in [0.717, 1.165) is 0 Å². The average Bonchev–Trinajstić information content (AvgIpc) is 2.51. The molecule has 0 aromatic heterocycles. The Morgan fingerprint density at radius 1 is 1.21 bits per heavy atom. The summed E-state index contributed by atoms with van der Waals surface area (Å²) < 4.78 is 10.9. The first-order valence-electron chi connectivity index (χ1n) is 7.59. The maximum atomic E-state index is 12.5. The first kappa shape index (κ1) is 18.4. The Bertz CT molecular complexity index is 621. The lowest BCUT2D eigenvalue weighted by molar-refractivity contribution is -0.144. The molecule has 0 spiro atoms. The van der Waals surface area contributed by atoms with E-state index in [1.807, 2.05) is 19.0 Å². The van der Waals surface area contributed by atoms with E-state index >= 15 is 0 Å². The van der Waals surface area contributed by atoms with Crippen LogP contribution >= 0.6 is 11.6 Å². The van der Waals surface area contributed by atoms with Gasteiger partial charge in [0.2, 0.25) is 5.91 Å². The highest BCUT2D eigenvalue weighted by atomic mass is 35.5. The highest BCUT2D eigenvalue weighted by Crippen LogP contribution is 2.38. The number of carbonyl (C=O) groups excluding carboxylic acids is 1. The third-order valence-electron chi connectivity index (χ3n) is 3.51. The van der Waals surface area contributed by atoms with Gasteiger partial charge in [-0.2, -0.15) is 0 Å². The Kier molecular flexibility index (Phi) is 6.28. The Hall–Kier alpha value is -1.99. The molecule has 0 saturated carbocycles. The molecule has 1 heterocycles. The van der Waals surface area contributed by atoms with Crippen LogP contribution in [0.4, 0.5) is 0 Å². The van der Waals surface area contributed by atoms with Crippen LogP contribution in [-0.4, -0.2) is 73.7 Å². The van der Waals surface area contributed by atoms with E-state index in [1.165, 1.54) is 4.90 Å². The first-order chi connectivity index (χ1) is 11.4. The van der Waals surface area contributed by atoms with Crippen LogP contribution in [0.3, 0.4) is 0 Å². The zero-order chi connectivity index (χ0) is 17.7. The average molecular weight is 357 g/mol. The molecule has 7 nitrogen and oxygen atoms in total. The number of rotatable bonds is 7. The van der Waals surface area contributed by atoms with Crippen molar-refractivity contribution in [3.8, 4) is 11.5 Å². The fraction of sp³-hybridized carbons (Fsp3) is 0.500. The molecule has 0 saturated heterocycles. The number of ether oxygens (including phenoxy) is 2. The van der Waals surface area contributed by atoms with Crippen molar-refractivity contribution in [2.24, 2.45) is 0 Å². The van der Waals surface area contributed by atoms with Gasteiger partial charge in [-0.05, 0) is 31.8 Å². The van der Waals surface area contributed by atoms with Gasteiger partial charge >= 0.3 is 5.97 Å². The molecule has 0 atom stereocenters. The van der Waals surface area contributed by atoms with Crippen molar-refractivity contribution in [3.63, 3.8) is 0 Å². The number of nitrogens with zero attached hydrogens (tertiary/aromatic N) is 2. The lowest BCUT2D eigenvalue weighted by atomic mass is 10.1.